The molecule has 7 heteroatoms. The van der Waals surface area contributed by atoms with E-state index < -0.39 is 40.9 Å². The number of aliphatic carboxylic acids is 1. The second-order valence-electron chi connectivity index (χ2n) is 5.95. The summed E-state index contributed by atoms with van der Waals surface area (Å²) < 4.78 is 40.5. The Bertz CT molecular complexity index is 1010. The van der Waals surface area contributed by atoms with Crippen LogP contribution in [0.25, 0.3) is 10.8 Å². The number of amides is 1. The molecule has 0 aliphatic heterocycles. The molecule has 3 rings (SSSR count). The van der Waals surface area contributed by atoms with Crippen LogP contribution < -0.4 is 5.32 Å². The SMILES string of the molecule is O=C(N[C@H](Cc1cccc2ccccc12)C(=O)O)c1c(F)cc(F)cc1F. The lowest BCUT2D eigenvalue weighted by Crippen LogP contribution is -2.43. The van der Waals surface area contributed by atoms with E-state index in [1.165, 1.54) is 0 Å². The Kier molecular flexibility index (Phi) is 5.12. The predicted octanol–water partition coefficient (Wildman–Crippen LogP) is 3.68. The zero-order valence-electron chi connectivity index (χ0n) is 13.9. The maximum Gasteiger partial charge on any atom is 0.326 e. The Hall–Kier alpha value is -3.35. The first-order valence-corrected chi connectivity index (χ1v) is 8.01. The topological polar surface area (TPSA) is 66.4 Å². The van der Waals surface area contributed by atoms with Crippen molar-refractivity contribution < 1.29 is 27.9 Å². The molecule has 3 aromatic rings. The van der Waals surface area contributed by atoms with Crippen LogP contribution in [0.1, 0.15) is 15.9 Å². The molecule has 27 heavy (non-hydrogen) atoms. The van der Waals surface area contributed by atoms with Gasteiger partial charge in [0.15, 0.2) is 0 Å². The first-order chi connectivity index (χ1) is 12.9. The molecular weight excluding hydrogens is 359 g/mol. The van der Waals surface area contributed by atoms with Crippen molar-refractivity contribution in [3.8, 4) is 0 Å². The summed E-state index contributed by atoms with van der Waals surface area (Å²) in [5, 5.41) is 13.2. The van der Waals surface area contributed by atoms with Crippen molar-refractivity contribution >= 4 is 22.6 Å². The van der Waals surface area contributed by atoms with Gasteiger partial charge >= 0.3 is 5.97 Å². The Balaban J connectivity index is 1.89. The summed E-state index contributed by atoms with van der Waals surface area (Å²) in [7, 11) is 0. The molecule has 3 aromatic carbocycles. The fourth-order valence-electron chi connectivity index (χ4n) is 2.88. The van der Waals surface area contributed by atoms with Gasteiger partial charge in [0.25, 0.3) is 5.91 Å². The number of carboxylic acid groups (broad SMARTS) is 1. The highest BCUT2D eigenvalue weighted by Crippen LogP contribution is 2.20. The quantitative estimate of drug-likeness (QED) is 0.717. The fraction of sp³-hybridized carbons (Fsp3) is 0.100. The summed E-state index contributed by atoms with van der Waals surface area (Å²) in [6.07, 6.45) is -0.0904. The highest BCUT2D eigenvalue weighted by Gasteiger charge is 2.26. The highest BCUT2D eigenvalue weighted by atomic mass is 19.1. The molecule has 0 heterocycles. The molecule has 1 atom stereocenters. The Morgan fingerprint density at radius 3 is 2.26 bits per heavy atom. The molecule has 138 valence electrons. The molecule has 0 saturated heterocycles. The highest BCUT2D eigenvalue weighted by molar-refractivity contribution is 5.97. The molecule has 0 aromatic heterocycles. The number of rotatable bonds is 5. The largest absolute Gasteiger partial charge is 0.480 e. The van der Waals surface area contributed by atoms with Gasteiger partial charge in [-0.25, -0.2) is 18.0 Å². The Morgan fingerprint density at radius 1 is 0.963 bits per heavy atom. The molecular formula is C20H14F3NO3. The van der Waals surface area contributed by atoms with E-state index in [4.69, 9.17) is 0 Å². The number of halogens is 3. The molecule has 0 radical (unpaired) electrons. The predicted molar refractivity (Wildman–Crippen MR) is 92.9 cm³/mol. The van der Waals surface area contributed by atoms with E-state index >= 15 is 0 Å². The molecule has 1 amide bonds. The van der Waals surface area contributed by atoms with Crippen molar-refractivity contribution in [2.24, 2.45) is 0 Å². The first-order valence-electron chi connectivity index (χ1n) is 8.01. The van der Waals surface area contributed by atoms with Crippen molar-refractivity contribution in [2.45, 2.75) is 12.5 Å². The summed E-state index contributed by atoms with van der Waals surface area (Å²) in [5.74, 6) is -6.61. The minimum atomic E-state index is -1.42. The molecule has 0 unspecified atom stereocenters. The van der Waals surface area contributed by atoms with E-state index in [1.54, 1.807) is 18.2 Å². The lowest BCUT2D eigenvalue weighted by Gasteiger charge is -2.16. The van der Waals surface area contributed by atoms with Gasteiger partial charge in [-0.2, -0.15) is 0 Å². The maximum absolute atomic E-state index is 13.8. The van der Waals surface area contributed by atoms with Gasteiger partial charge in [-0.3, -0.25) is 4.79 Å². The van der Waals surface area contributed by atoms with Gasteiger partial charge in [0.2, 0.25) is 0 Å². The minimum absolute atomic E-state index is 0.0904. The lowest BCUT2D eigenvalue weighted by atomic mass is 9.98. The Morgan fingerprint density at radius 2 is 1.59 bits per heavy atom. The third kappa shape index (κ3) is 3.92. The van der Waals surface area contributed by atoms with Gasteiger partial charge in [0.1, 0.15) is 29.1 Å². The van der Waals surface area contributed by atoms with Crippen LogP contribution in [-0.4, -0.2) is 23.0 Å². The van der Waals surface area contributed by atoms with Crippen LogP contribution >= 0.6 is 0 Å². The summed E-state index contributed by atoms with van der Waals surface area (Å²) >= 11 is 0. The summed E-state index contributed by atoms with van der Waals surface area (Å²) in [6, 6.07) is 11.9. The van der Waals surface area contributed by atoms with Crippen molar-refractivity contribution in [3.63, 3.8) is 0 Å². The minimum Gasteiger partial charge on any atom is -0.480 e. The van der Waals surface area contributed by atoms with Crippen molar-refractivity contribution in [1.82, 2.24) is 5.32 Å². The normalized spacial score (nSPS) is 12.0. The van der Waals surface area contributed by atoms with E-state index in [9.17, 15) is 27.9 Å². The van der Waals surface area contributed by atoms with Gasteiger partial charge in [-0.15, -0.1) is 0 Å². The van der Waals surface area contributed by atoms with Gasteiger partial charge < -0.3 is 10.4 Å². The maximum atomic E-state index is 13.8. The number of carboxylic acids is 1. The molecule has 0 aliphatic carbocycles. The van der Waals surface area contributed by atoms with Gasteiger partial charge in [-0.1, -0.05) is 42.5 Å². The first kappa shape index (κ1) is 18.4. The van der Waals surface area contributed by atoms with E-state index in [1.807, 2.05) is 24.3 Å². The van der Waals surface area contributed by atoms with Crippen LogP contribution in [0.4, 0.5) is 13.2 Å². The summed E-state index contributed by atoms with van der Waals surface area (Å²) in [6.45, 7) is 0. The zero-order valence-corrected chi connectivity index (χ0v) is 13.9. The molecule has 0 saturated carbocycles. The number of hydrogen-bond donors (Lipinski definition) is 2. The third-order valence-corrected chi connectivity index (χ3v) is 4.14. The van der Waals surface area contributed by atoms with Crippen LogP contribution in [0.15, 0.2) is 54.6 Å². The Labute approximate surface area is 152 Å². The van der Waals surface area contributed by atoms with Crippen LogP contribution in [0.2, 0.25) is 0 Å². The molecule has 0 fully saturated rings. The summed E-state index contributed by atoms with van der Waals surface area (Å²) in [5.41, 5.74) is -0.374. The van der Waals surface area contributed by atoms with Crippen LogP contribution in [0, 0.1) is 17.5 Å². The fourth-order valence-corrected chi connectivity index (χ4v) is 2.88. The second kappa shape index (κ2) is 7.49. The monoisotopic (exact) mass is 373 g/mol. The number of hydrogen-bond acceptors (Lipinski definition) is 2. The molecule has 0 spiro atoms. The van der Waals surface area contributed by atoms with Crippen LogP contribution in [0.5, 0.6) is 0 Å². The zero-order chi connectivity index (χ0) is 19.6. The van der Waals surface area contributed by atoms with E-state index in [-0.39, 0.29) is 6.42 Å². The van der Waals surface area contributed by atoms with Crippen molar-refractivity contribution in [2.75, 3.05) is 0 Å². The average Bonchev–Trinajstić information content (AvgIpc) is 2.60. The molecule has 0 aliphatic rings. The second-order valence-corrected chi connectivity index (χ2v) is 5.95. The average molecular weight is 373 g/mol. The van der Waals surface area contributed by atoms with Crippen molar-refractivity contribution in [1.29, 1.82) is 0 Å². The standard InChI is InChI=1S/C20H14F3NO3/c21-13-9-15(22)18(16(23)10-13)19(25)24-17(20(26)27)8-12-6-3-5-11-4-1-2-7-14(11)12/h1-7,9-10,17H,8H2,(H,24,25)(H,26,27)/t17-/m1/s1. The van der Waals surface area contributed by atoms with Crippen molar-refractivity contribution in [3.05, 3.63) is 83.2 Å². The van der Waals surface area contributed by atoms with Crippen LogP contribution in [-0.2, 0) is 11.2 Å². The molecule has 2 N–H and O–H groups in total. The molecule has 4 nitrogen and oxygen atoms in total. The number of benzene rings is 3. The molecule has 0 bridgehead atoms. The van der Waals surface area contributed by atoms with Gasteiger partial charge in [-0.05, 0) is 16.3 Å². The third-order valence-electron chi connectivity index (χ3n) is 4.14. The van der Waals surface area contributed by atoms with Crippen LogP contribution in [0.3, 0.4) is 0 Å². The van der Waals surface area contributed by atoms with E-state index in [2.05, 4.69) is 5.32 Å². The number of carbonyl (C=O) groups excluding carboxylic acids is 1. The van der Waals surface area contributed by atoms with E-state index in [0.717, 1.165) is 10.8 Å². The lowest BCUT2D eigenvalue weighted by molar-refractivity contribution is -0.139. The number of fused-ring (bicyclic) bond motifs is 1. The number of nitrogens with one attached hydrogen (secondary N) is 1. The van der Waals surface area contributed by atoms with E-state index in [0.29, 0.717) is 17.7 Å². The number of carbonyl (C=O) groups is 2. The summed E-state index contributed by atoms with van der Waals surface area (Å²) in [4.78, 5) is 23.8. The smallest absolute Gasteiger partial charge is 0.326 e. The van der Waals surface area contributed by atoms with Gasteiger partial charge in [0.05, 0.1) is 0 Å². The van der Waals surface area contributed by atoms with Gasteiger partial charge in [0, 0.05) is 18.6 Å².